The molecule has 3 N–H and O–H groups in total. The number of carbonyl (C=O) groups is 3. The zero-order chi connectivity index (χ0) is 20.4. The number of aromatic hydroxyl groups is 1. The average molecular weight is 380 g/mol. The molecule has 0 unspecified atom stereocenters. The lowest BCUT2D eigenvalue weighted by atomic mass is 10.0. The lowest BCUT2D eigenvalue weighted by Crippen LogP contribution is -2.24. The number of aromatic nitrogens is 1. The van der Waals surface area contributed by atoms with Gasteiger partial charge in [-0.2, -0.15) is 0 Å². The summed E-state index contributed by atoms with van der Waals surface area (Å²) >= 11 is 0. The Labute approximate surface area is 161 Å². The van der Waals surface area contributed by atoms with Crippen molar-refractivity contribution in [3.05, 3.63) is 64.8 Å². The van der Waals surface area contributed by atoms with Gasteiger partial charge in [0.25, 0.3) is 11.7 Å². The van der Waals surface area contributed by atoms with E-state index in [4.69, 9.17) is 10.5 Å². The molecule has 144 valence electrons. The zero-order valence-corrected chi connectivity index (χ0v) is 15.6. The molecule has 0 aliphatic rings. The van der Waals surface area contributed by atoms with Gasteiger partial charge in [0, 0.05) is 12.2 Å². The number of ketones is 1. The number of rotatable bonds is 6. The fourth-order valence-electron chi connectivity index (χ4n) is 3.42. The third-order valence-corrected chi connectivity index (χ3v) is 4.64. The van der Waals surface area contributed by atoms with E-state index < -0.39 is 17.7 Å². The van der Waals surface area contributed by atoms with Crippen LogP contribution in [0.3, 0.4) is 0 Å². The number of benzene rings is 2. The molecule has 3 rings (SSSR count). The van der Waals surface area contributed by atoms with Crippen LogP contribution in [0.15, 0.2) is 42.5 Å². The zero-order valence-electron chi connectivity index (χ0n) is 15.6. The van der Waals surface area contributed by atoms with E-state index in [-0.39, 0.29) is 22.3 Å². The molecule has 7 nitrogen and oxygen atoms in total. The monoisotopic (exact) mass is 380 g/mol. The Bertz CT molecular complexity index is 1080. The Balaban J connectivity index is 2.37. The first kappa shape index (κ1) is 19.2. The number of esters is 1. The van der Waals surface area contributed by atoms with Crippen LogP contribution in [0.1, 0.15) is 38.9 Å². The summed E-state index contributed by atoms with van der Waals surface area (Å²) in [5, 5.41) is 10.8. The molecule has 0 saturated heterocycles. The predicted molar refractivity (Wildman–Crippen MR) is 103 cm³/mol. The number of amides is 1. The first-order valence-corrected chi connectivity index (χ1v) is 8.73. The molecule has 7 heteroatoms. The van der Waals surface area contributed by atoms with E-state index in [0.29, 0.717) is 24.2 Å². The fraction of sp³-hybridized carbons (Fsp3) is 0.190. The van der Waals surface area contributed by atoms with Gasteiger partial charge in [-0.15, -0.1) is 0 Å². The summed E-state index contributed by atoms with van der Waals surface area (Å²) in [6, 6.07) is 12.3. The van der Waals surface area contributed by atoms with Crippen molar-refractivity contribution >= 4 is 28.6 Å². The van der Waals surface area contributed by atoms with Crippen molar-refractivity contribution in [2.75, 3.05) is 7.11 Å². The van der Waals surface area contributed by atoms with Crippen molar-refractivity contribution in [3.63, 3.8) is 0 Å². The molecule has 0 saturated carbocycles. The highest BCUT2D eigenvalue weighted by Crippen LogP contribution is 2.36. The van der Waals surface area contributed by atoms with Gasteiger partial charge < -0.3 is 20.1 Å². The number of hydrogen-bond donors (Lipinski definition) is 2. The lowest BCUT2D eigenvalue weighted by molar-refractivity contribution is -0.114. The van der Waals surface area contributed by atoms with E-state index >= 15 is 0 Å². The highest BCUT2D eigenvalue weighted by molar-refractivity contribution is 6.45. The minimum absolute atomic E-state index is 0.0647. The molecule has 0 radical (unpaired) electrons. The van der Waals surface area contributed by atoms with Crippen LogP contribution in [0.2, 0.25) is 0 Å². The van der Waals surface area contributed by atoms with Crippen LogP contribution in [0, 0.1) is 0 Å². The molecule has 2 aromatic carbocycles. The van der Waals surface area contributed by atoms with E-state index in [9.17, 15) is 19.5 Å². The van der Waals surface area contributed by atoms with Crippen molar-refractivity contribution in [1.82, 2.24) is 4.57 Å². The minimum Gasteiger partial charge on any atom is -0.507 e. The lowest BCUT2D eigenvalue weighted by Gasteiger charge is -2.11. The summed E-state index contributed by atoms with van der Waals surface area (Å²) in [6.07, 6.45) is 0.420. The van der Waals surface area contributed by atoms with Crippen LogP contribution in [0.4, 0.5) is 0 Å². The number of Topliss-reactive ketones (excluding diaryl/α,β-unsaturated/α-hetero) is 1. The van der Waals surface area contributed by atoms with Crippen molar-refractivity contribution in [2.45, 2.75) is 19.9 Å². The minimum atomic E-state index is -1.11. The number of carbonyl (C=O) groups excluding carboxylic acids is 3. The second kappa shape index (κ2) is 7.56. The van der Waals surface area contributed by atoms with E-state index in [1.54, 1.807) is 6.07 Å². The number of ether oxygens (including phenoxy) is 1. The van der Waals surface area contributed by atoms with Gasteiger partial charge in [0.15, 0.2) is 0 Å². The predicted octanol–water partition coefficient (Wildman–Crippen LogP) is 2.41. The number of methoxy groups -OCH3 is 1. The molecule has 0 atom stereocenters. The maximum absolute atomic E-state index is 12.5. The normalized spacial score (nSPS) is 10.8. The summed E-state index contributed by atoms with van der Waals surface area (Å²) in [6.45, 7) is 2.22. The highest BCUT2D eigenvalue weighted by atomic mass is 16.5. The molecule has 1 heterocycles. The summed E-state index contributed by atoms with van der Waals surface area (Å²) < 4.78 is 6.56. The maximum Gasteiger partial charge on any atom is 0.338 e. The first-order chi connectivity index (χ1) is 13.4. The van der Waals surface area contributed by atoms with E-state index in [2.05, 4.69) is 0 Å². The molecule has 1 aromatic heterocycles. The summed E-state index contributed by atoms with van der Waals surface area (Å²) in [4.78, 5) is 36.2. The number of fused-ring (bicyclic) bond motifs is 1. The quantitative estimate of drug-likeness (QED) is 0.387. The van der Waals surface area contributed by atoms with Crippen LogP contribution < -0.4 is 5.73 Å². The Morgan fingerprint density at radius 2 is 1.82 bits per heavy atom. The first-order valence-electron chi connectivity index (χ1n) is 8.73. The highest BCUT2D eigenvalue weighted by Gasteiger charge is 2.28. The number of nitrogens with zero attached hydrogens (tertiary/aromatic N) is 1. The van der Waals surface area contributed by atoms with Crippen molar-refractivity contribution < 1.29 is 24.2 Å². The molecular formula is C21H20N2O5. The van der Waals surface area contributed by atoms with Crippen LogP contribution in [0.5, 0.6) is 5.75 Å². The third-order valence-electron chi connectivity index (χ3n) is 4.64. The maximum atomic E-state index is 12.5. The van der Waals surface area contributed by atoms with Crippen LogP contribution in [-0.2, 0) is 22.5 Å². The molecule has 0 aliphatic heterocycles. The Morgan fingerprint density at radius 1 is 1.14 bits per heavy atom. The standard InChI is InChI=1S/C21H20N2O5/c1-3-14-18(19(25)20(22)26)17-15(9-13(10-16(17)24)21(27)28-2)23(14)11-12-7-5-4-6-8-12/h4-10,24H,3,11H2,1-2H3,(H2,22,26). The second-order valence-electron chi connectivity index (χ2n) is 6.32. The SMILES string of the molecule is CCc1c(C(=O)C(N)=O)c2c(O)cc(C(=O)OC)cc2n1Cc1ccccc1. The topological polar surface area (TPSA) is 112 Å². The fourth-order valence-corrected chi connectivity index (χ4v) is 3.42. The van der Waals surface area contributed by atoms with Crippen LogP contribution >= 0.6 is 0 Å². The number of nitrogens with two attached hydrogens (primary N) is 1. The molecule has 1 amide bonds. The van der Waals surface area contributed by atoms with Crippen LogP contribution in [-0.4, -0.2) is 34.4 Å². The van der Waals surface area contributed by atoms with Crippen molar-refractivity contribution in [2.24, 2.45) is 5.73 Å². The average Bonchev–Trinajstić information content (AvgIpc) is 3.01. The van der Waals surface area contributed by atoms with Crippen molar-refractivity contribution in [1.29, 1.82) is 0 Å². The van der Waals surface area contributed by atoms with E-state index in [1.165, 1.54) is 13.2 Å². The number of primary amides is 1. The Morgan fingerprint density at radius 3 is 2.39 bits per heavy atom. The smallest absolute Gasteiger partial charge is 0.338 e. The molecular weight excluding hydrogens is 360 g/mol. The summed E-state index contributed by atoms with van der Waals surface area (Å²) in [5.74, 6) is -2.89. The molecule has 0 bridgehead atoms. The van der Waals surface area contributed by atoms with Gasteiger partial charge in [-0.1, -0.05) is 37.3 Å². The van der Waals surface area contributed by atoms with E-state index in [1.807, 2.05) is 41.8 Å². The summed E-state index contributed by atoms with van der Waals surface area (Å²) in [7, 11) is 1.24. The van der Waals surface area contributed by atoms with Gasteiger partial charge in [0.05, 0.1) is 29.1 Å². The van der Waals surface area contributed by atoms with Gasteiger partial charge in [0.1, 0.15) is 5.75 Å². The molecule has 28 heavy (non-hydrogen) atoms. The van der Waals surface area contributed by atoms with Gasteiger partial charge >= 0.3 is 5.97 Å². The molecule has 3 aromatic rings. The third kappa shape index (κ3) is 3.22. The largest absolute Gasteiger partial charge is 0.507 e. The van der Waals surface area contributed by atoms with Crippen LogP contribution in [0.25, 0.3) is 10.9 Å². The van der Waals surface area contributed by atoms with Gasteiger partial charge in [-0.3, -0.25) is 9.59 Å². The molecule has 0 fully saturated rings. The van der Waals surface area contributed by atoms with Gasteiger partial charge in [-0.25, -0.2) is 4.79 Å². The Kier molecular flexibility index (Phi) is 5.17. The Hall–Kier alpha value is -3.61. The van der Waals surface area contributed by atoms with E-state index in [0.717, 1.165) is 5.56 Å². The van der Waals surface area contributed by atoms with Crippen molar-refractivity contribution in [3.8, 4) is 5.75 Å². The van der Waals surface area contributed by atoms with Gasteiger partial charge in [-0.05, 0) is 24.1 Å². The number of phenols is 1. The molecule has 0 aliphatic carbocycles. The number of phenolic OH excluding ortho intramolecular Hbond substituents is 1. The second-order valence-corrected chi connectivity index (χ2v) is 6.32. The molecule has 0 spiro atoms. The summed E-state index contributed by atoms with van der Waals surface area (Å²) in [5.41, 5.74) is 7.40. The number of hydrogen-bond acceptors (Lipinski definition) is 5. The van der Waals surface area contributed by atoms with Gasteiger partial charge in [0.2, 0.25) is 0 Å².